The summed E-state index contributed by atoms with van der Waals surface area (Å²) in [6.07, 6.45) is -1.46. The van der Waals surface area contributed by atoms with Gasteiger partial charge in [-0.15, -0.1) is 0 Å². The van der Waals surface area contributed by atoms with Crippen LogP contribution in [0.3, 0.4) is 0 Å². The van der Waals surface area contributed by atoms with E-state index < -0.39 is 18.2 Å². The van der Waals surface area contributed by atoms with Crippen LogP contribution in [0.1, 0.15) is 22.0 Å². The maximum atomic E-state index is 12.5. The van der Waals surface area contributed by atoms with Crippen LogP contribution < -0.4 is 5.32 Å². The predicted molar refractivity (Wildman–Crippen MR) is 78.4 cm³/mol. The van der Waals surface area contributed by atoms with E-state index in [4.69, 9.17) is 16.3 Å². The van der Waals surface area contributed by atoms with Gasteiger partial charge >= 0.3 is 6.09 Å². The number of halogens is 1. The largest absolute Gasteiger partial charge is 0.435 e. The van der Waals surface area contributed by atoms with Crippen LogP contribution >= 0.6 is 11.6 Å². The van der Waals surface area contributed by atoms with Gasteiger partial charge in [0.05, 0.1) is 0 Å². The number of alkyl carbamates (subject to hydrolysis) is 1. The van der Waals surface area contributed by atoms with E-state index in [1.54, 1.807) is 24.3 Å². The van der Waals surface area contributed by atoms with Gasteiger partial charge in [-0.1, -0.05) is 41.9 Å². The summed E-state index contributed by atoms with van der Waals surface area (Å²) in [5.41, 5.74) is 1.29. The molecule has 1 aliphatic heterocycles. The zero-order valence-corrected chi connectivity index (χ0v) is 11.7. The highest BCUT2D eigenvalue weighted by atomic mass is 35.5. The van der Waals surface area contributed by atoms with Crippen LogP contribution in [0.25, 0.3) is 0 Å². The van der Waals surface area contributed by atoms with Gasteiger partial charge in [-0.3, -0.25) is 4.79 Å². The number of Topliss-reactive ketones (excluding diaryl/α,β-unsaturated/α-hetero) is 1. The van der Waals surface area contributed by atoms with Gasteiger partial charge in [0.2, 0.25) is 5.78 Å². The van der Waals surface area contributed by atoms with Crippen molar-refractivity contribution >= 4 is 23.5 Å². The first-order chi connectivity index (χ1) is 10.1. The maximum Gasteiger partial charge on any atom is 0.408 e. The van der Waals surface area contributed by atoms with E-state index >= 15 is 0 Å². The molecular formula is C16H12ClNO3. The smallest absolute Gasteiger partial charge is 0.408 e. The van der Waals surface area contributed by atoms with Crippen molar-refractivity contribution in [3.8, 4) is 0 Å². The topological polar surface area (TPSA) is 55.4 Å². The highest BCUT2D eigenvalue weighted by Gasteiger charge is 2.40. The van der Waals surface area contributed by atoms with Crippen molar-refractivity contribution < 1.29 is 14.3 Å². The van der Waals surface area contributed by atoms with Crippen LogP contribution in [0.5, 0.6) is 0 Å². The van der Waals surface area contributed by atoms with Gasteiger partial charge in [0.1, 0.15) is 6.04 Å². The van der Waals surface area contributed by atoms with Gasteiger partial charge in [-0.2, -0.15) is 0 Å². The van der Waals surface area contributed by atoms with E-state index in [1.807, 2.05) is 30.3 Å². The molecule has 106 valence electrons. The Bertz CT molecular complexity index is 670. The third kappa shape index (κ3) is 2.76. The fraction of sp³-hybridized carbons (Fsp3) is 0.125. The highest BCUT2D eigenvalue weighted by Crippen LogP contribution is 2.27. The lowest BCUT2D eigenvalue weighted by Crippen LogP contribution is -2.29. The molecule has 0 aliphatic carbocycles. The molecule has 0 bridgehead atoms. The second kappa shape index (κ2) is 5.58. The summed E-state index contributed by atoms with van der Waals surface area (Å²) in [5, 5.41) is 3.22. The third-order valence-corrected chi connectivity index (χ3v) is 3.61. The molecule has 0 radical (unpaired) electrons. The first-order valence-electron chi connectivity index (χ1n) is 6.47. The Morgan fingerprint density at radius 2 is 1.71 bits per heavy atom. The number of hydrogen-bond donors (Lipinski definition) is 1. The lowest BCUT2D eigenvalue weighted by molar-refractivity contribution is 0.0721. The Hall–Kier alpha value is -2.33. The molecule has 0 aromatic heterocycles. The summed E-state index contributed by atoms with van der Waals surface area (Å²) >= 11 is 5.81. The zero-order valence-electron chi connectivity index (χ0n) is 11.0. The molecule has 2 aromatic rings. The molecule has 2 aromatic carbocycles. The molecule has 2 atom stereocenters. The molecule has 5 heteroatoms. The van der Waals surface area contributed by atoms with E-state index in [0.717, 1.165) is 5.56 Å². The molecule has 0 unspecified atom stereocenters. The molecule has 1 fully saturated rings. The summed E-state index contributed by atoms with van der Waals surface area (Å²) < 4.78 is 5.14. The highest BCUT2D eigenvalue weighted by molar-refractivity contribution is 6.30. The number of hydrogen-bond acceptors (Lipinski definition) is 3. The maximum absolute atomic E-state index is 12.5. The molecule has 0 saturated carbocycles. The van der Waals surface area contributed by atoms with Gasteiger partial charge in [0.15, 0.2) is 6.10 Å². The second-order valence-corrected chi connectivity index (χ2v) is 5.17. The molecule has 1 aliphatic rings. The average molecular weight is 302 g/mol. The summed E-state index contributed by atoms with van der Waals surface area (Å²) in [5.74, 6) is -0.251. The van der Waals surface area contributed by atoms with Gasteiger partial charge in [0, 0.05) is 10.6 Å². The minimum atomic E-state index is -0.874. The van der Waals surface area contributed by atoms with Crippen molar-refractivity contribution in [2.45, 2.75) is 12.1 Å². The van der Waals surface area contributed by atoms with E-state index in [9.17, 15) is 9.59 Å². The van der Waals surface area contributed by atoms with E-state index in [-0.39, 0.29) is 5.78 Å². The summed E-state index contributed by atoms with van der Waals surface area (Å²) in [4.78, 5) is 24.0. The molecule has 1 heterocycles. The lowest BCUT2D eigenvalue weighted by atomic mass is 9.96. The zero-order chi connectivity index (χ0) is 14.8. The number of cyclic esters (lactones) is 1. The number of ketones is 1. The fourth-order valence-electron chi connectivity index (χ4n) is 2.32. The lowest BCUT2D eigenvalue weighted by Gasteiger charge is -2.16. The molecule has 1 saturated heterocycles. The first kappa shape index (κ1) is 13.6. The van der Waals surface area contributed by atoms with E-state index in [0.29, 0.717) is 10.6 Å². The van der Waals surface area contributed by atoms with Crippen molar-refractivity contribution in [3.63, 3.8) is 0 Å². The SMILES string of the molecule is O=C1N[C@@H](c2ccccc2)[C@H](C(=O)c2ccc(Cl)cc2)O1. The summed E-state index contributed by atoms with van der Waals surface area (Å²) in [6.45, 7) is 0. The van der Waals surface area contributed by atoms with Crippen molar-refractivity contribution in [2.75, 3.05) is 0 Å². The van der Waals surface area contributed by atoms with E-state index in [2.05, 4.69) is 5.32 Å². The number of rotatable bonds is 3. The quantitative estimate of drug-likeness (QED) is 0.884. The number of nitrogens with one attached hydrogen (secondary N) is 1. The Kier molecular flexibility index (Phi) is 3.62. The van der Waals surface area contributed by atoms with Gasteiger partial charge in [0.25, 0.3) is 0 Å². The van der Waals surface area contributed by atoms with E-state index in [1.165, 1.54) is 0 Å². The minimum absolute atomic E-state index is 0.251. The van der Waals surface area contributed by atoms with Crippen LogP contribution in [0.15, 0.2) is 54.6 Å². The second-order valence-electron chi connectivity index (χ2n) is 4.73. The monoisotopic (exact) mass is 301 g/mol. The standard InChI is InChI=1S/C16H12ClNO3/c17-12-8-6-11(7-9-12)14(19)15-13(18-16(20)21-15)10-4-2-1-3-5-10/h1-9,13,15H,(H,18,20)/t13-,15+/m0/s1. The molecule has 1 amide bonds. The van der Waals surface area contributed by atoms with Gasteiger partial charge in [-0.25, -0.2) is 4.79 Å². The first-order valence-corrected chi connectivity index (χ1v) is 6.85. The third-order valence-electron chi connectivity index (χ3n) is 3.36. The van der Waals surface area contributed by atoms with Crippen LogP contribution in [0.2, 0.25) is 5.02 Å². The molecule has 4 nitrogen and oxygen atoms in total. The van der Waals surface area contributed by atoms with Crippen LogP contribution in [-0.4, -0.2) is 18.0 Å². The molecule has 3 rings (SSSR count). The number of carbonyl (C=O) groups is 2. The number of ether oxygens (including phenoxy) is 1. The minimum Gasteiger partial charge on any atom is -0.435 e. The van der Waals surface area contributed by atoms with Crippen molar-refractivity contribution in [1.29, 1.82) is 0 Å². The summed E-state index contributed by atoms with van der Waals surface area (Å²) in [7, 11) is 0. The van der Waals surface area contributed by atoms with Gasteiger partial charge in [-0.05, 0) is 29.8 Å². The molecule has 1 N–H and O–H groups in total. The molecule has 0 spiro atoms. The van der Waals surface area contributed by atoms with Crippen molar-refractivity contribution in [1.82, 2.24) is 5.32 Å². The van der Waals surface area contributed by atoms with Crippen LogP contribution in [0.4, 0.5) is 4.79 Å². The van der Waals surface area contributed by atoms with Crippen molar-refractivity contribution in [2.24, 2.45) is 0 Å². The predicted octanol–water partition coefficient (Wildman–Crippen LogP) is 3.37. The van der Waals surface area contributed by atoms with Crippen LogP contribution in [0, 0.1) is 0 Å². The Labute approximate surface area is 126 Å². The average Bonchev–Trinajstić information content (AvgIpc) is 2.90. The number of carbonyl (C=O) groups excluding carboxylic acids is 2. The number of amides is 1. The Morgan fingerprint density at radius 3 is 2.38 bits per heavy atom. The Morgan fingerprint density at radius 1 is 1.05 bits per heavy atom. The molecule has 21 heavy (non-hydrogen) atoms. The number of benzene rings is 2. The fourth-order valence-corrected chi connectivity index (χ4v) is 2.45. The molecular weight excluding hydrogens is 290 g/mol. The van der Waals surface area contributed by atoms with Crippen molar-refractivity contribution in [3.05, 3.63) is 70.7 Å². The Balaban J connectivity index is 1.90. The van der Waals surface area contributed by atoms with Crippen LogP contribution in [-0.2, 0) is 4.74 Å². The normalized spacial score (nSPS) is 20.7. The summed E-state index contributed by atoms with van der Waals surface area (Å²) in [6, 6.07) is 15.3. The van der Waals surface area contributed by atoms with Gasteiger partial charge < -0.3 is 10.1 Å².